The average Bonchev–Trinajstić information content (AvgIpc) is 2.35. The number of hydrogen-bond donors (Lipinski definition) is 3. The number of aliphatic hydroxyl groups excluding tert-OH is 3. The van der Waals surface area contributed by atoms with Crippen LogP contribution in [0.5, 0.6) is 0 Å². The molecule has 2 rings (SSSR count). The van der Waals surface area contributed by atoms with Crippen LogP contribution >= 0.6 is 0 Å². The number of nitrogens with zero attached hydrogens (tertiary/aromatic N) is 1. The fraction of sp³-hybridized carbons (Fsp3) is 1.00. The Morgan fingerprint density at radius 3 is 1.95 bits per heavy atom. The maximum absolute atomic E-state index is 13.2. The van der Waals surface area contributed by atoms with Gasteiger partial charge in [-0.1, -0.05) is 0 Å². The zero-order valence-corrected chi connectivity index (χ0v) is 11.9. The summed E-state index contributed by atoms with van der Waals surface area (Å²) in [6.45, 7) is 2.36. The van der Waals surface area contributed by atoms with Gasteiger partial charge < -0.3 is 15.3 Å². The summed E-state index contributed by atoms with van der Waals surface area (Å²) in [6, 6.07) is 0. The molecule has 1 unspecified atom stereocenters. The minimum absolute atomic E-state index is 0.335. The van der Waals surface area contributed by atoms with Crippen LogP contribution in [0.3, 0.4) is 0 Å². The summed E-state index contributed by atoms with van der Waals surface area (Å²) in [6.07, 6.45) is -0.352. The van der Waals surface area contributed by atoms with Crippen LogP contribution in [-0.4, -0.2) is 64.1 Å². The predicted molar refractivity (Wildman–Crippen MR) is 70.5 cm³/mol. The van der Waals surface area contributed by atoms with Crippen LogP contribution in [0.2, 0.25) is 0 Å². The quantitative estimate of drug-likeness (QED) is 0.722. The van der Waals surface area contributed by atoms with Gasteiger partial charge in [0.25, 0.3) is 0 Å². The van der Waals surface area contributed by atoms with Crippen molar-refractivity contribution in [1.82, 2.24) is 4.90 Å². The lowest BCUT2D eigenvalue weighted by Crippen LogP contribution is -2.56. The molecule has 0 aromatic carbocycles. The molecule has 0 aromatic heterocycles. The van der Waals surface area contributed by atoms with Crippen molar-refractivity contribution < 1.29 is 24.1 Å². The smallest absolute Gasteiger partial charge is 0.248 e. The van der Waals surface area contributed by atoms with E-state index in [1.165, 1.54) is 0 Å². The minimum Gasteiger partial charge on any atom is -0.389 e. The first-order valence-electron chi connectivity index (χ1n) is 7.41. The lowest BCUT2D eigenvalue weighted by molar-refractivity contribution is -0.113. The first-order chi connectivity index (χ1) is 9.27. The average molecular weight is 293 g/mol. The third-order valence-electron chi connectivity index (χ3n) is 4.76. The normalized spacial score (nSPS) is 40.8. The Hall–Kier alpha value is -0.300. The number of aliphatic hydroxyl groups is 3. The van der Waals surface area contributed by atoms with Gasteiger partial charge in [-0.3, -0.25) is 4.90 Å². The molecular formula is C14H25F2NO3. The van der Waals surface area contributed by atoms with E-state index >= 15 is 0 Å². The van der Waals surface area contributed by atoms with Crippen molar-refractivity contribution in [1.29, 1.82) is 0 Å². The third-order valence-corrected chi connectivity index (χ3v) is 4.76. The number of piperidine rings is 1. The Morgan fingerprint density at radius 1 is 1.00 bits per heavy atom. The maximum atomic E-state index is 13.2. The number of hydrogen-bond acceptors (Lipinski definition) is 4. The van der Waals surface area contributed by atoms with Crippen LogP contribution in [0.1, 0.15) is 32.6 Å². The predicted octanol–water partition coefficient (Wildman–Crippen LogP) is 0.846. The summed E-state index contributed by atoms with van der Waals surface area (Å²) < 4.78 is 26.5. The fourth-order valence-electron chi connectivity index (χ4n) is 3.44. The molecular weight excluding hydrogens is 268 g/mol. The fourth-order valence-corrected chi connectivity index (χ4v) is 3.44. The molecule has 1 aliphatic heterocycles. The number of β-amino-alcohol motifs (C(OH)–C–C–N with tert-alkyl or cyclic N) is 2. The lowest BCUT2D eigenvalue weighted by Gasteiger charge is -2.40. The topological polar surface area (TPSA) is 63.9 Å². The van der Waals surface area contributed by atoms with Crippen molar-refractivity contribution in [3.8, 4) is 0 Å². The summed E-state index contributed by atoms with van der Waals surface area (Å²) in [7, 11) is 0. The first kappa shape index (κ1) is 16.1. The Balaban J connectivity index is 1.78. The van der Waals surface area contributed by atoms with E-state index in [-0.39, 0.29) is 0 Å². The highest BCUT2D eigenvalue weighted by Gasteiger charge is 2.38. The zero-order chi connectivity index (χ0) is 14.9. The van der Waals surface area contributed by atoms with Gasteiger partial charge in [0, 0.05) is 25.6 Å². The van der Waals surface area contributed by atoms with E-state index in [9.17, 15) is 24.1 Å². The van der Waals surface area contributed by atoms with Crippen molar-refractivity contribution in [3.63, 3.8) is 0 Å². The molecule has 1 saturated carbocycles. The molecule has 3 N–H and O–H groups in total. The molecule has 0 bridgehead atoms. The molecule has 1 aliphatic carbocycles. The van der Waals surface area contributed by atoms with Crippen LogP contribution in [0.25, 0.3) is 0 Å². The zero-order valence-electron chi connectivity index (χ0n) is 11.9. The van der Waals surface area contributed by atoms with Gasteiger partial charge in [-0.25, -0.2) is 8.78 Å². The Morgan fingerprint density at radius 2 is 1.50 bits per heavy atom. The van der Waals surface area contributed by atoms with Crippen LogP contribution in [-0.2, 0) is 0 Å². The lowest BCUT2D eigenvalue weighted by atomic mass is 9.79. The van der Waals surface area contributed by atoms with E-state index in [4.69, 9.17) is 0 Å². The molecule has 20 heavy (non-hydrogen) atoms. The SMILES string of the molecule is CC(F)(F)C1CCC(CN2C[C@@H](O)C(O)[C@@H](O)C2)CC1. The Kier molecular flexibility index (Phi) is 5.00. The molecule has 1 heterocycles. The van der Waals surface area contributed by atoms with E-state index in [0.29, 0.717) is 38.4 Å². The number of halogens is 2. The maximum Gasteiger partial charge on any atom is 0.248 e. The van der Waals surface area contributed by atoms with Crippen molar-refractivity contribution in [2.45, 2.75) is 56.8 Å². The molecule has 2 aliphatic rings. The monoisotopic (exact) mass is 293 g/mol. The highest BCUT2D eigenvalue weighted by atomic mass is 19.3. The number of rotatable bonds is 3. The highest BCUT2D eigenvalue weighted by Crippen LogP contribution is 2.38. The van der Waals surface area contributed by atoms with Crippen LogP contribution in [0.15, 0.2) is 0 Å². The van der Waals surface area contributed by atoms with Gasteiger partial charge in [0.05, 0.1) is 12.2 Å². The van der Waals surface area contributed by atoms with Gasteiger partial charge in [-0.15, -0.1) is 0 Å². The molecule has 0 radical (unpaired) electrons. The van der Waals surface area contributed by atoms with Crippen LogP contribution in [0, 0.1) is 11.8 Å². The van der Waals surface area contributed by atoms with E-state index in [0.717, 1.165) is 19.8 Å². The largest absolute Gasteiger partial charge is 0.389 e. The third kappa shape index (κ3) is 3.87. The van der Waals surface area contributed by atoms with Gasteiger partial charge in [-0.05, 0) is 38.5 Å². The molecule has 1 saturated heterocycles. The summed E-state index contributed by atoms with van der Waals surface area (Å²) in [4.78, 5) is 1.93. The van der Waals surface area contributed by atoms with E-state index in [1.807, 2.05) is 4.90 Å². The van der Waals surface area contributed by atoms with E-state index in [2.05, 4.69) is 0 Å². The minimum atomic E-state index is -2.59. The second-order valence-corrected chi connectivity index (χ2v) is 6.52. The second-order valence-electron chi connectivity index (χ2n) is 6.52. The Bertz CT molecular complexity index is 304. The summed E-state index contributed by atoms with van der Waals surface area (Å²) in [5.41, 5.74) is 0. The van der Waals surface area contributed by atoms with Crippen LogP contribution < -0.4 is 0 Å². The standard InChI is InChI=1S/C14H25F2NO3/c1-14(15,16)10-4-2-9(3-5-10)6-17-7-11(18)13(20)12(19)8-17/h9-13,18-20H,2-8H2,1H3/t9?,10?,11-,12+,13?. The molecule has 4 nitrogen and oxygen atoms in total. The number of alkyl halides is 2. The van der Waals surface area contributed by atoms with E-state index in [1.54, 1.807) is 0 Å². The first-order valence-corrected chi connectivity index (χ1v) is 7.41. The summed E-state index contributed by atoms with van der Waals surface area (Å²) in [5, 5.41) is 28.8. The molecule has 0 amide bonds. The van der Waals surface area contributed by atoms with Crippen LogP contribution in [0.4, 0.5) is 8.78 Å². The highest BCUT2D eigenvalue weighted by molar-refractivity contribution is 4.88. The van der Waals surface area contributed by atoms with E-state index < -0.39 is 30.2 Å². The van der Waals surface area contributed by atoms with Crippen molar-refractivity contribution in [2.75, 3.05) is 19.6 Å². The van der Waals surface area contributed by atoms with Gasteiger partial charge in [0.1, 0.15) is 6.10 Å². The number of likely N-dealkylation sites (tertiary alicyclic amines) is 1. The van der Waals surface area contributed by atoms with Gasteiger partial charge >= 0.3 is 0 Å². The van der Waals surface area contributed by atoms with Gasteiger partial charge in [0.15, 0.2) is 0 Å². The summed E-state index contributed by atoms with van der Waals surface area (Å²) in [5.74, 6) is -2.77. The van der Waals surface area contributed by atoms with Gasteiger partial charge in [-0.2, -0.15) is 0 Å². The Labute approximate surface area is 118 Å². The molecule has 118 valence electrons. The van der Waals surface area contributed by atoms with Crippen molar-refractivity contribution >= 4 is 0 Å². The van der Waals surface area contributed by atoms with Crippen molar-refractivity contribution in [2.24, 2.45) is 11.8 Å². The second kappa shape index (κ2) is 6.22. The molecule has 0 spiro atoms. The molecule has 2 fully saturated rings. The summed E-state index contributed by atoms with van der Waals surface area (Å²) >= 11 is 0. The molecule has 3 atom stereocenters. The van der Waals surface area contributed by atoms with Gasteiger partial charge in [0.2, 0.25) is 5.92 Å². The molecule has 6 heteroatoms. The van der Waals surface area contributed by atoms with Crippen molar-refractivity contribution in [3.05, 3.63) is 0 Å². The molecule has 0 aromatic rings.